The van der Waals surface area contributed by atoms with Gasteiger partial charge in [0.05, 0.1) is 7.11 Å². The van der Waals surface area contributed by atoms with E-state index in [1.165, 1.54) is 0 Å². The molecule has 0 fully saturated rings. The minimum atomic E-state index is -0.663. The Kier molecular flexibility index (Phi) is 6.61. The van der Waals surface area contributed by atoms with Crippen LogP contribution in [0.3, 0.4) is 0 Å². The van der Waals surface area contributed by atoms with Crippen LogP contribution in [0.1, 0.15) is 38.8 Å². The van der Waals surface area contributed by atoms with Gasteiger partial charge < -0.3 is 15.4 Å². The lowest BCUT2D eigenvalue weighted by Crippen LogP contribution is -2.41. The van der Waals surface area contributed by atoms with Crippen LogP contribution in [-0.2, 0) is 21.4 Å². The third kappa shape index (κ3) is 5.84. The number of nitrogens with one attached hydrogen (secondary N) is 2. The Labute approximate surface area is 161 Å². The molecule has 2 aromatic rings. The molecule has 0 radical (unpaired) electrons. The third-order valence-electron chi connectivity index (χ3n) is 4.24. The maximum atomic E-state index is 12.3. The van der Waals surface area contributed by atoms with E-state index in [2.05, 4.69) is 31.4 Å². The Bertz CT molecular complexity index is 809. The number of ether oxygens (including phenoxy) is 1. The highest BCUT2D eigenvalue weighted by atomic mass is 16.5. The molecular weight excluding hydrogens is 340 g/mol. The standard InChI is InChI=1S/C22H28N2O3/c1-15(13-16-9-8-10-17(14-16)27-5)23-20(25)21(26)24-19-12-7-6-11-18(19)22(2,3)4/h6-12,14-15H,13H2,1-5H3,(H,23,25)(H,24,26). The van der Waals surface area contributed by atoms with Crippen molar-refractivity contribution in [2.75, 3.05) is 12.4 Å². The number of amides is 2. The molecule has 0 aromatic heterocycles. The highest BCUT2D eigenvalue weighted by molar-refractivity contribution is 6.39. The van der Waals surface area contributed by atoms with Crippen LogP contribution in [0.4, 0.5) is 5.69 Å². The van der Waals surface area contributed by atoms with Gasteiger partial charge in [-0.1, -0.05) is 51.1 Å². The number of hydrogen-bond acceptors (Lipinski definition) is 3. The molecule has 0 heterocycles. The third-order valence-corrected chi connectivity index (χ3v) is 4.24. The highest BCUT2D eigenvalue weighted by Gasteiger charge is 2.21. The average Bonchev–Trinajstić information content (AvgIpc) is 2.61. The number of methoxy groups -OCH3 is 1. The summed E-state index contributed by atoms with van der Waals surface area (Å²) in [5.74, 6) is -0.541. The fourth-order valence-corrected chi connectivity index (χ4v) is 2.92. The number of carbonyl (C=O) groups is 2. The van der Waals surface area contributed by atoms with Crippen molar-refractivity contribution >= 4 is 17.5 Å². The number of anilines is 1. The molecule has 144 valence electrons. The minimum Gasteiger partial charge on any atom is -0.497 e. The molecule has 1 unspecified atom stereocenters. The minimum absolute atomic E-state index is 0.139. The summed E-state index contributed by atoms with van der Waals surface area (Å²) in [5, 5.41) is 5.49. The molecule has 0 saturated heterocycles. The molecule has 27 heavy (non-hydrogen) atoms. The maximum Gasteiger partial charge on any atom is 0.313 e. The quantitative estimate of drug-likeness (QED) is 0.791. The summed E-state index contributed by atoms with van der Waals surface area (Å²) in [6.07, 6.45) is 0.606. The predicted molar refractivity (Wildman–Crippen MR) is 108 cm³/mol. The molecule has 1 atom stereocenters. The predicted octanol–water partition coefficient (Wildman–Crippen LogP) is 3.68. The monoisotopic (exact) mass is 368 g/mol. The largest absolute Gasteiger partial charge is 0.497 e. The van der Waals surface area contributed by atoms with Gasteiger partial charge in [0, 0.05) is 11.7 Å². The first kappa shape index (κ1) is 20.5. The molecule has 2 rings (SSSR count). The molecule has 0 aliphatic heterocycles. The molecule has 2 N–H and O–H groups in total. The average molecular weight is 368 g/mol. The van der Waals surface area contributed by atoms with Gasteiger partial charge in [0.15, 0.2) is 0 Å². The SMILES string of the molecule is COc1cccc(CC(C)NC(=O)C(=O)Nc2ccccc2C(C)(C)C)c1. The fraction of sp³-hybridized carbons (Fsp3) is 0.364. The fourth-order valence-electron chi connectivity index (χ4n) is 2.92. The van der Waals surface area contributed by atoms with E-state index < -0.39 is 11.8 Å². The van der Waals surface area contributed by atoms with Crippen molar-refractivity contribution < 1.29 is 14.3 Å². The van der Waals surface area contributed by atoms with Crippen molar-refractivity contribution in [2.24, 2.45) is 0 Å². The van der Waals surface area contributed by atoms with Crippen LogP contribution in [-0.4, -0.2) is 25.0 Å². The summed E-state index contributed by atoms with van der Waals surface area (Å²) in [4.78, 5) is 24.6. The number of para-hydroxylation sites is 1. The van der Waals surface area contributed by atoms with E-state index in [-0.39, 0.29) is 11.5 Å². The molecular formula is C22H28N2O3. The molecule has 5 nitrogen and oxygen atoms in total. The second kappa shape index (κ2) is 8.71. The second-order valence-corrected chi connectivity index (χ2v) is 7.68. The maximum absolute atomic E-state index is 12.3. The van der Waals surface area contributed by atoms with Gasteiger partial charge in [0.2, 0.25) is 0 Å². The van der Waals surface area contributed by atoms with E-state index in [1.54, 1.807) is 7.11 Å². The molecule has 0 saturated carbocycles. The van der Waals surface area contributed by atoms with Crippen LogP contribution in [0, 0.1) is 0 Å². The Morgan fingerprint density at radius 1 is 1.04 bits per heavy atom. The van der Waals surface area contributed by atoms with Crippen LogP contribution in [0.15, 0.2) is 48.5 Å². The van der Waals surface area contributed by atoms with Gasteiger partial charge in [-0.15, -0.1) is 0 Å². The van der Waals surface area contributed by atoms with Crippen molar-refractivity contribution in [3.8, 4) is 5.75 Å². The lowest BCUT2D eigenvalue weighted by atomic mass is 9.86. The summed E-state index contributed by atoms with van der Waals surface area (Å²) < 4.78 is 5.21. The van der Waals surface area contributed by atoms with E-state index in [4.69, 9.17) is 4.74 Å². The summed E-state index contributed by atoms with van der Waals surface area (Å²) in [6.45, 7) is 8.06. The van der Waals surface area contributed by atoms with Gasteiger partial charge in [-0.2, -0.15) is 0 Å². The van der Waals surface area contributed by atoms with Crippen molar-refractivity contribution in [2.45, 2.75) is 45.6 Å². The molecule has 0 aliphatic carbocycles. The number of carbonyl (C=O) groups excluding carboxylic acids is 2. The zero-order valence-corrected chi connectivity index (χ0v) is 16.6. The van der Waals surface area contributed by atoms with Crippen molar-refractivity contribution in [3.05, 3.63) is 59.7 Å². The normalized spacial score (nSPS) is 12.2. The van der Waals surface area contributed by atoms with Crippen molar-refractivity contribution in [1.82, 2.24) is 5.32 Å². The highest BCUT2D eigenvalue weighted by Crippen LogP contribution is 2.29. The van der Waals surface area contributed by atoms with E-state index in [1.807, 2.05) is 55.5 Å². The summed E-state index contributed by atoms with van der Waals surface area (Å²) >= 11 is 0. The Morgan fingerprint density at radius 2 is 1.74 bits per heavy atom. The van der Waals surface area contributed by atoms with Gasteiger partial charge in [0.1, 0.15) is 5.75 Å². The lowest BCUT2D eigenvalue weighted by molar-refractivity contribution is -0.136. The zero-order valence-electron chi connectivity index (χ0n) is 16.6. The van der Waals surface area contributed by atoms with Crippen molar-refractivity contribution in [3.63, 3.8) is 0 Å². The molecule has 2 amide bonds. The molecule has 5 heteroatoms. The van der Waals surface area contributed by atoms with Gasteiger partial charge in [-0.3, -0.25) is 9.59 Å². The zero-order chi connectivity index (χ0) is 20.0. The van der Waals surface area contributed by atoms with E-state index in [9.17, 15) is 9.59 Å². The molecule has 0 spiro atoms. The van der Waals surface area contributed by atoms with E-state index in [0.717, 1.165) is 16.9 Å². The first-order valence-electron chi connectivity index (χ1n) is 9.05. The van der Waals surface area contributed by atoms with Gasteiger partial charge in [-0.25, -0.2) is 0 Å². The smallest absolute Gasteiger partial charge is 0.313 e. The van der Waals surface area contributed by atoms with Crippen molar-refractivity contribution in [1.29, 1.82) is 0 Å². The number of hydrogen-bond donors (Lipinski definition) is 2. The molecule has 2 aromatic carbocycles. The topological polar surface area (TPSA) is 67.4 Å². The molecule has 0 aliphatic rings. The first-order chi connectivity index (χ1) is 12.7. The van der Waals surface area contributed by atoms with E-state index in [0.29, 0.717) is 12.1 Å². The number of benzene rings is 2. The summed E-state index contributed by atoms with van der Waals surface area (Å²) in [5.41, 5.74) is 2.53. The lowest BCUT2D eigenvalue weighted by Gasteiger charge is -2.23. The number of rotatable bonds is 5. The Morgan fingerprint density at radius 3 is 2.41 bits per heavy atom. The van der Waals surface area contributed by atoms with Gasteiger partial charge >= 0.3 is 11.8 Å². The van der Waals surface area contributed by atoms with Crippen LogP contribution in [0.2, 0.25) is 0 Å². The molecule has 0 bridgehead atoms. The van der Waals surface area contributed by atoms with Gasteiger partial charge in [-0.05, 0) is 48.1 Å². The van der Waals surface area contributed by atoms with Gasteiger partial charge in [0.25, 0.3) is 0 Å². The summed E-state index contributed by atoms with van der Waals surface area (Å²) in [6, 6.07) is 15.0. The summed E-state index contributed by atoms with van der Waals surface area (Å²) in [7, 11) is 1.62. The Balaban J connectivity index is 1.99. The van der Waals surface area contributed by atoms with Crippen LogP contribution < -0.4 is 15.4 Å². The van der Waals surface area contributed by atoms with Crippen LogP contribution in [0.5, 0.6) is 5.75 Å². The van der Waals surface area contributed by atoms with Crippen LogP contribution in [0.25, 0.3) is 0 Å². The Hall–Kier alpha value is -2.82. The van der Waals surface area contributed by atoms with E-state index >= 15 is 0 Å². The first-order valence-corrected chi connectivity index (χ1v) is 9.05. The second-order valence-electron chi connectivity index (χ2n) is 7.68. The van der Waals surface area contributed by atoms with Crippen LogP contribution >= 0.6 is 0 Å².